The minimum atomic E-state index is -0.255. The van der Waals surface area contributed by atoms with Gasteiger partial charge in [-0.05, 0) is 42.7 Å². The molecular formula is C23H23NO4. The van der Waals surface area contributed by atoms with Gasteiger partial charge in [0, 0.05) is 35.7 Å². The fourth-order valence-corrected chi connectivity index (χ4v) is 4.22. The van der Waals surface area contributed by atoms with E-state index in [-0.39, 0.29) is 24.0 Å². The van der Waals surface area contributed by atoms with Crippen molar-refractivity contribution in [3.63, 3.8) is 0 Å². The molecule has 0 fully saturated rings. The lowest BCUT2D eigenvalue weighted by atomic mass is 9.77. The van der Waals surface area contributed by atoms with Gasteiger partial charge in [-0.15, -0.1) is 0 Å². The normalized spacial score (nSPS) is 19.5. The van der Waals surface area contributed by atoms with E-state index in [0.29, 0.717) is 17.9 Å². The molecule has 0 N–H and O–H groups in total. The second-order valence-electron chi connectivity index (χ2n) is 7.07. The minimum Gasteiger partial charge on any atom is -0.493 e. The SMILES string of the molecule is COc1ccc(C2CC(=O)N(c3ccccc3)C3=C2C(=O)CCC3)cc1OC. The maximum Gasteiger partial charge on any atom is 0.232 e. The van der Waals surface area contributed by atoms with E-state index in [1.807, 2.05) is 48.5 Å². The lowest BCUT2D eigenvalue weighted by Crippen LogP contribution is -2.40. The number of anilines is 1. The maximum absolute atomic E-state index is 13.1. The fourth-order valence-electron chi connectivity index (χ4n) is 4.22. The van der Waals surface area contributed by atoms with Crippen molar-refractivity contribution in [1.29, 1.82) is 0 Å². The van der Waals surface area contributed by atoms with Crippen LogP contribution < -0.4 is 14.4 Å². The zero-order valence-corrected chi connectivity index (χ0v) is 16.1. The minimum absolute atomic E-state index is 0.0134. The molecule has 1 atom stereocenters. The number of hydrogen-bond donors (Lipinski definition) is 0. The number of carbonyl (C=O) groups excluding carboxylic acids is 2. The Bertz CT molecular complexity index is 948. The molecule has 0 saturated heterocycles. The van der Waals surface area contributed by atoms with E-state index in [4.69, 9.17) is 9.47 Å². The number of para-hydroxylation sites is 1. The number of methoxy groups -OCH3 is 2. The van der Waals surface area contributed by atoms with Crippen LogP contribution in [0.5, 0.6) is 11.5 Å². The average Bonchev–Trinajstić information content (AvgIpc) is 2.73. The molecule has 1 heterocycles. The zero-order valence-electron chi connectivity index (χ0n) is 16.1. The summed E-state index contributed by atoms with van der Waals surface area (Å²) in [7, 11) is 3.17. The van der Waals surface area contributed by atoms with Gasteiger partial charge in [0.1, 0.15) is 0 Å². The molecule has 2 aromatic carbocycles. The smallest absolute Gasteiger partial charge is 0.232 e. The van der Waals surface area contributed by atoms with Gasteiger partial charge < -0.3 is 9.47 Å². The first-order valence-corrected chi connectivity index (χ1v) is 9.50. The predicted molar refractivity (Wildman–Crippen MR) is 107 cm³/mol. The first kappa shape index (κ1) is 18.3. The first-order chi connectivity index (χ1) is 13.6. The average molecular weight is 377 g/mol. The van der Waals surface area contributed by atoms with Crippen molar-refractivity contribution in [2.24, 2.45) is 0 Å². The van der Waals surface area contributed by atoms with Gasteiger partial charge in [-0.2, -0.15) is 0 Å². The van der Waals surface area contributed by atoms with Crippen LogP contribution in [0, 0.1) is 0 Å². The molecule has 144 valence electrons. The van der Waals surface area contributed by atoms with Gasteiger partial charge in [0.2, 0.25) is 5.91 Å². The Morgan fingerprint density at radius 3 is 2.39 bits per heavy atom. The Kier molecular flexibility index (Phi) is 4.90. The van der Waals surface area contributed by atoms with Crippen molar-refractivity contribution >= 4 is 17.4 Å². The van der Waals surface area contributed by atoms with Gasteiger partial charge in [-0.1, -0.05) is 24.3 Å². The topological polar surface area (TPSA) is 55.8 Å². The molecule has 0 aromatic heterocycles. The molecule has 0 spiro atoms. The highest BCUT2D eigenvalue weighted by atomic mass is 16.5. The van der Waals surface area contributed by atoms with Crippen LogP contribution in [0.4, 0.5) is 5.69 Å². The molecule has 28 heavy (non-hydrogen) atoms. The van der Waals surface area contributed by atoms with Crippen LogP contribution in [0.3, 0.4) is 0 Å². The molecule has 1 aliphatic carbocycles. The Labute approximate surface area is 164 Å². The van der Waals surface area contributed by atoms with Crippen molar-refractivity contribution in [2.75, 3.05) is 19.1 Å². The van der Waals surface area contributed by atoms with E-state index >= 15 is 0 Å². The van der Waals surface area contributed by atoms with Crippen molar-refractivity contribution in [3.8, 4) is 11.5 Å². The molecule has 0 radical (unpaired) electrons. The van der Waals surface area contributed by atoms with Crippen LogP contribution >= 0.6 is 0 Å². The number of amides is 1. The molecule has 0 bridgehead atoms. The maximum atomic E-state index is 13.1. The van der Waals surface area contributed by atoms with E-state index in [9.17, 15) is 9.59 Å². The molecule has 2 aliphatic rings. The number of rotatable bonds is 4. The highest BCUT2D eigenvalue weighted by Gasteiger charge is 2.39. The van der Waals surface area contributed by atoms with Crippen molar-refractivity contribution in [2.45, 2.75) is 31.6 Å². The summed E-state index contributed by atoms with van der Waals surface area (Å²) >= 11 is 0. The van der Waals surface area contributed by atoms with Gasteiger partial charge in [0.25, 0.3) is 0 Å². The van der Waals surface area contributed by atoms with Crippen molar-refractivity contribution in [1.82, 2.24) is 0 Å². The Morgan fingerprint density at radius 1 is 0.929 bits per heavy atom. The molecule has 1 unspecified atom stereocenters. The van der Waals surface area contributed by atoms with Crippen LogP contribution in [0.2, 0.25) is 0 Å². The Hall–Kier alpha value is -3.08. The molecule has 1 amide bonds. The summed E-state index contributed by atoms with van der Waals surface area (Å²) in [6.45, 7) is 0. The van der Waals surface area contributed by atoms with Gasteiger partial charge in [0.15, 0.2) is 17.3 Å². The number of ketones is 1. The first-order valence-electron chi connectivity index (χ1n) is 9.50. The lowest BCUT2D eigenvalue weighted by molar-refractivity contribution is -0.119. The van der Waals surface area contributed by atoms with E-state index in [1.165, 1.54) is 0 Å². The molecule has 5 heteroatoms. The van der Waals surface area contributed by atoms with Gasteiger partial charge in [-0.3, -0.25) is 14.5 Å². The predicted octanol–water partition coefficient (Wildman–Crippen LogP) is 4.23. The lowest BCUT2D eigenvalue weighted by Gasteiger charge is -2.38. The monoisotopic (exact) mass is 377 g/mol. The van der Waals surface area contributed by atoms with Crippen LogP contribution in [0.15, 0.2) is 59.8 Å². The molecular weight excluding hydrogens is 354 g/mol. The quantitative estimate of drug-likeness (QED) is 0.800. The van der Waals surface area contributed by atoms with Crippen LogP contribution in [0.1, 0.15) is 37.2 Å². The number of ether oxygens (including phenoxy) is 2. The highest BCUT2D eigenvalue weighted by Crippen LogP contribution is 2.44. The summed E-state index contributed by atoms with van der Waals surface area (Å²) in [6.07, 6.45) is 2.28. The zero-order chi connectivity index (χ0) is 19.7. The number of benzene rings is 2. The van der Waals surface area contributed by atoms with E-state index in [0.717, 1.165) is 35.4 Å². The summed E-state index contributed by atoms with van der Waals surface area (Å²) < 4.78 is 10.7. The number of allylic oxidation sites excluding steroid dienone is 2. The van der Waals surface area contributed by atoms with E-state index in [1.54, 1.807) is 19.1 Å². The summed E-state index contributed by atoms with van der Waals surface area (Å²) in [5.74, 6) is 1.12. The number of hydrogen-bond acceptors (Lipinski definition) is 4. The van der Waals surface area contributed by atoms with E-state index < -0.39 is 0 Å². The number of carbonyl (C=O) groups is 2. The molecule has 0 saturated carbocycles. The Morgan fingerprint density at radius 2 is 1.68 bits per heavy atom. The molecule has 4 rings (SSSR count). The standard InChI is InChI=1S/C23H23NO4/c1-27-20-12-11-15(13-21(20)28-2)17-14-22(26)24(16-7-4-3-5-8-16)18-9-6-10-19(25)23(17)18/h3-5,7-8,11-13,17H,6,9-10,14H2,1-2H3. The summed E-state index contributed by atoms with van der Waals surface area (Å²) in [5.41, 5.74) is 3.34. The second-order valence-corrected chi connectivity index (χ2v) is 7.07. The number of nitrogens with zero attached hydrogens (tertiary/aromatic N) is 1. The molecule has 1 aliphatic heterocycles. The van der Waals surface area contributed by atoms with Gasteiger partial charge >= 0.3 is 0 Å². The third-order valence-electron chi connectivity index (χ3n) is 5.50. The second kappa shape index (κ2) is 7.50. The summed E-state index contributed by atoms with van der Waals surface area (Å²) in [5, 5.41) is 0. The molecule has 2 aromatic rings. The van der Waals surface area contributed by atoms with Gasteiger partial charge in [-0.25, -0.2) is 0 Å². The van der Waals surface area contributed by atoms with Crippen LogP contribution in [-0.2, 0) is 9.59 Å². The van der Waals surface area contributed by atoms with Crippen molar-refractivity contribution < 1.29 is 19.1 Å². The van der Waals surface area contributed by atoms with Crippen molar-refractivity contribution in [3.05, 3.63) is 65.4 Å². The van der Waals surface area contributed by atoms with Gasteiger partial charge in [0.05, 0.1) is 14.2 Å². The fraction of sp³-hybridized carbons (Fsp3) is 0.304. The van der Waals surface area contributed by atoms with E-state index in [2.05, 4.69) is 0 Å². The summed E-state index contributed by atoms with van der Waals surface area (Å²) in [4.78, 5) is 27.8. The third kappa shape index (κ3) is 3.07. The summed E-state index contributed by atoms with van der Waals surface area (Å²) in [6, 6.07) is 15.2. The largest absolute Gasteiger partial charge is 0.493 e. The molecule has 5 nitrogen and oxygen atoms in total. The Balaban J connectivity index is 1.84. The number of Topliss-reactive ketones (excluding diaryl/α,β-unsaturated/α-hetero) is 1. The third-order valence-corrected chi connectivity index (χ3v) is 5.50. The van der Waals surface area contributed by atoms with Crippen LogP contribution in [0.25, 0.3) is 0 Å². The van der Waals surface area contributed by atoms with Crippen LogP contribution in [-0.4, -0.2) is 25.9 Å². The highest BCUT2D eigenvalue weighted by molar-refractivity contribution is 6.07.